The molecule has 0 radical (unpaired) electrons. The largest absolute Gasteiger partial charge is 0.444 e. The van der Waals surface area contributed by atoms with Crippen molar-refractivity contribution < 1.29 is 41.9 Å². The number of hydrogen-bond acceptors (Lipinski definition) is 11. The number of imide groups is 1. The molecule has 0 spiro atoms. The second-order valence-corrected chi connectivity index (χ2v) is 20.6. The summed E-state index contributed by atoms with van der Waals surface area (Å²) in [6, 6.07) is 9.71. The van der Waals surface area contributed by atoms with Crippen LogP contribution in [0, 0.1) is 5.92 Å². The number of pyridine rings is 1. The SMILES string of the molecule is CN1C(=O)CCC(N2Cc3c(CCCCNC(=O)c4cc(NCC5CC5)c(-c5cn(C)c(=O)c6[nH]c(C(=O)NCCNC(=O)OC(C)(C)C)cc56)cc4CS(C)(=O)=O)cccc3C2=O)C1=O. The van der Waals surface area contributed by atoms with Gasteiger partial charge in [-0.25, -0.2) is 13.2 Å². The molecule has 352 valence electrons. The second-order valence-electron chi connectivity index (χ2n) is 18.5. The number of amides is 6. The fraction of sp³-hybridized carbons (Fsp3) is 0.468. The fourth-order valence-electron chi connectivity index (χ4n) is 8.45. The summed E-state index contributed by atoms with van der Waals surface area (Å²) in [4.78, 5) is 96.9. The van der Waals surface area contributed by atoms with E-state index >= 15 is 0 Å². The Bertz CT molecular complexity index is 2790. The first kappa shape index (κ1) is 47.5. The van der Waals surface area contributed by atoms with E-state index in [0.717, 1.165) is 35.1 Å². The molecular weight excluding hydrogens is 869 g/mol. The molecule has 1 atom stereocenters. The molecule has 4 aromatic rings. The number of benzene rings is 2. The summed E-state index contributed by atoms with van der Waals surface area (Å²) in [5.74, 6) is -1.85. The number of carbonyl (C=O) groups excluding carboxylic acids is 6. The van der Waals surface area contributed by atoms with Gasteiger partial charge >= 0.3 is 6.09 Å². The van der Waals surface area contributed by atoms with Crippen LogP contribution in [0.4, 0.5) is 10.5 Å². The van der Waals surface area contributed by atoms with Crippen molar-refractivity contribution in [3.8, 4) is 11.1 Å². The van der Waals surface area contributed by atoms with Crippen molar-refractivity contribution in [1.82, 2.24) is 35.3 Å². The molecule has 5 N–H and O–H groups in total. The highest BCUT2D eigenvalue weighted by atomic mass is 32.2. The topological polar surface area (TPSA) is 238 Å². The number of anilines is 1. The quantitative estimate of drug-likeness (QED) is 0.0749. The molecule has 4 heterocycles. The van der Waals surface area contributed by atoms with Gasteiger partial charge in [0.1, 0.15) is 22.9 Å². The number of hydrogen-bond donors (Lipinski definition) is 5. The predicted octanol–water partition coefficient (Wildman–Crippen LogP) is 4.01. The zero-order valence-electron chi connectivity index (χ0n) is 38.2. The Morgan fingerprint density at radius 1 is 0.864 bits per heavy atom. The number of aromatic nitrogens is 2. The molecule has 19 heteroatoms. The third kappa shape index (κ3) is 10.9. The van der Waals surface area contributed by atoms with Crippen LogP contribution in [0.1, 0.15) is 107 Å². The number of alkyl carbamates (subject to hydrolysis) is 1. The number of rotatable bonds is 17. The molecule has 3 aliphatic rings. The molecule has 6 amide bonds. The number of sulfone groups is 1. The van der Waals surface area contributed by atoms with Crippen LogP contribution in [0.3, 0.4) is 0 Å². The van der Waals surface area contributed by atoms with E-state index in [1.165, 1.54) is 11.6 Å². The van der Waals surface area contributed by atoms with Gasteiger partial charge < -0.3 is 40.5 Å². The average molecular weight is 927 g/mol. The minimum atomic E-state index is -3.65. The van der Waals surface area contributed by atoms with E-state index in [1.807, 2.05) is 12.1 Å². The van der Waals surface area contributed by atoms with Crippen LogP contribution in [-0.2, 0) is 49.9 Å². The first-order chi connectivity index (χ1) is 31.2. The number of likely N-dealkylation sites (tertiary alicyclic amines) is 1. The zero-order valence-corrected chi connectivity index (χ0v) is 39.0. The number of piperidine rings is 1. The molecule has 2 aliphatic heterocycles. The molecule has 7 rings (SSSR count). The van der Waals surface area contributed by atoms with Crippen molar-refractivity contribution in [1.29, 1.82) is 0 Å². The maximum atomic E-state index is 14.0. The first-order valence-corrected chi connectivity index (χ1v) is 24.3. The number of nitrogens with zero attached hydrogens (tertiary/aromatic N) is 3. The summed E-state index contributed by atoms with van der Waals surface area (Å²) in [6.45, 7) is 6.56. The molecule has 1 unspecified atom stereocenters. The number of H-pyrrole nitrogens is 1. The number of unbranched alkanes of at least 4 members (excludes halogenated alkanes) is 1. The Morgan fingerprint density at radius 3 is 2.30 bits per heavy atom. The zero-order chi connectivity index (χ0) is 47.7. The van der Waals surface area contributed by atoms with Crippen LogP contribution in [-0.4, -0.2) is 115 Å². The van der Waals surface area contributed by atoms with Crippen LogP contribution in [0.15, 0.2) is 47.4 Å². The lowest BCUT2D eigenvalue weighted by molar-refractivity contribution is -0.150. The Labute approximate surface area is 383 Å². The van der Waals surface area contributed by atoms with Crippen molar-refractivity contribution >= 4 is 62.1 Å². The molecule has 18 nitrogen and oxygen atoms in total. The van der Waals surface area contributed by atoms with Gasteiger partial charge in [0.25, 0.3) is 29.2 Å². The van der Waals surface area contributed by atoms with Crippen molar-refractivity contribution in [2.45, 2.75) is 89.7 Å². The molecule has 2 aromatic carbocycles. The predicted molar refractivity (Wildman–Crippen MR) is 248 cm³/mol. The summed E-state index contributed by atoms with van der Waals surface area (Å²) in [5, 5.41) is 12.2. The van der Waals surface area contributed by atoms with Crippen molar-refractivity contribution in [3.05, 3.63) is 86.5 Å². The fourth-order valence-corrected chi connectivity index (χ4v) is 9.26. The lowest BCUT2D eigenvalue weighted by atomic mass is 9.95. The van der Waals surface area contributed by atoms with Gasteiger partial charge in [-0.3, -0.25) is 33.7 Å². The van der Waals surface area contributed by atoms with Gasteiger partial charge in [0.05, 0.1) is 5.75 Å². The van der Waals surface area contributed by atoms with E-state index in [2.05, 4.69) is 26.3 Å². The number of fused-ring (bicyclic) bond motifs is 2. The first-order valence-electron chi connectivity index (χ1n) is 22.3. The lowest BCUT2D eigenvalue weighted by Gasteiger charge is -2.33. The van der Waals surface area contributed by atoms with Gasteiger partial charge in [-0.2, -0.15) is 0 Å². The molecular formula is C47H58N8O10S. The van der Waals surface area contributed by atoms with Gasteiger partial charge in [-0.1, -0.05) is 12.1 Å². The number of nitrogens with one attached hydrogen (secondary N) is 5. The van der Waals surface area contributed by atoms with Gasteiger partial charge in [-0.15, -0.1) is 0 Å². The van der Waals surface area contributed by atoms with E-state index in [4.69, 9.17) is 4.74 Å². The Balaban J connectivity index is 1.08. The van der Waals surface area contributed by atoms with Crippen LogP contribution in [0.2, 0.25) is 0 Å². The number of aromatic amines is 1. The maximum absolute atomic E-state index is 14.0. The minimum absolute atomic E-state index is 0.0794. The number of ether oxygens (including phenoxy) is 1. The normalized spacial score (nSPS) is 16.4. The van der Waals surface area contributed by atoms with Crippen molar-refractivity contribution in [2.75, 3.05) is 44.8 Å². The highest BCUT2D eigenvalue weighted by Crippen LogP contribution is 2.38. The van der Waals surface area contributed by atoms with Gasteiger partial charge in [0.2, 0.25) is 5.91 Å². The van der Waals surface area contributed by atoms with E-state index < -0.39 is 50.7 Å². The molecule has 1 aliphatic carbocycles. The van der Waals surface area contributed by atoms with Gasteiger partial charge in [-0.05, 0) is 106 Å². The third-order valence-corrected chi connectivity index (χ3v) is 12.8. The minimum Gasteiger partial charge on any atom is -0.444 e. The van der Waals surface area contributed by atoms with E-state index in [1.54, 1.807) is 63.2 Å². The molecule has 1 saturated heterocycles. The van der Waals surface area contributed by atoms with Crippen LogP contribution < -0.4 is 26.8 Å². The van der Waals surface area contributed by atoms with Crippen molar-refractivity contribution in [3.63, 3.8) is 0 Å². The highest BCUT2D eigenvalue weighted by molar-refractivity contribution is 7.89. The Hall–Kier alpha value is -6.50. The van der Waals surface area contributed by atoms with Crippen molar-refractivity contribution in [2.24, 2.45) is 13.0 Å². The van der Waals surface area contributed by atoms with Gasteiger partial charge in [0.15, 0.2) is 9.84 Å². The van der Waals surface area contributed by atoms with Crippen LogP contribution in [0.25, 0.3) is 22.0 Å². The smallest absolute Gasteiger partial charge is 0.407 e. The summed E-state index contributed by atoms with van der Waals surface area (Å²) < 4.78 is 32.4. The summed E-state index contributed by atoms with van der Waals surface area (Å²) >= 11 is 0. The Morgan fingerprint density at radius 2 is 1.59 bits per heavy atom. The third-order valence-electron chi connectivity index (χ3n) is 12.0. The van der Waals surface area contributed by atoms with Gasteiger partial charge in [0, 0.05) is 99.0 Å². The maximum Gasteiger partial charge on any atom is 0.407 e. The van der Waals surface area contributed by atoms with E-state index in [0.29, 0.717) is 59.5 Å². The number of aryl methyl sites for hydroxylation is 2. The second kappa shape index (κ2) is 19.1. The number of likely N-dealkylation sites (N-methyl/N-ethyl adjacent to an activating group) is 1. The molecule has 66 heavy (non-hydrogen) atoms. The summed E-state index contributed by atoms with van der Waals surface area (Å²) in [7, 11) is -0.633. The standard InChI is InChI=1S/C47H58N8O10S/c1-47(2,3)65-46(62)50-19-18-49-42(58)37-22-33-35(24-53(4)45(61)40(33)52-37)32-20-29(26-66(6,63)64)31(21-36(32)51-23-27-13-14-27)41(57)48-17-8-7-10-28-11-9-12-30-34(28)25-55(43(30)59)38-15-16-39(56)54(5)44(38)60/h9,11-12,20-22,24,27,38,51-52H,7-8,10,13-19,23,25-26H2,1-6H3,(H,48,57)(H,49,58)(H,50,62). The van der Waals surface area contributed by atoms with Crippen LogP contribution in [0.5, 0.6) is 0 Å². The molecule has 2 aromatic heterocycles. The molecule has 0 bridgehead atoms. The highest BCUT2D eigenvalue weighted by Gasteiger charge is 2.42. The number of carbonyl (C=O) groups is 6. The van der Waals surface area contributed by atoms with E-state index in [9.17, 15) is 42.0 Å². The van der Waals surface area contributed by atoms with E-state index in [-0.39, 0.29) is 79.1 Å². The average Bonchev–Trinajstić information content (AvgIpc) is 3.87. The Kier molecular flexibility index (Phi) is 13.8. The molecule has 1 saturated carbocycles. The summed E-state index contributed by atoms with van der Waals surface area (Å²) in [5.41, 5.74) is 3.61. The molecule has 2 fully saturated rings. The monoisotopic (exact) mass is 926 g/mol. The lowest BCUT2D eigenvalue weighted by Crippen LogP contribution is -2.53. The summed E-state index contributed by atoms with van der Waals surface area (Å²) in [6.07, 6.45) is 6.50. The van der Waals surface area contributed by atoms with Crippen LogP contribution >= 0.6 is 0 Å².